The van der Waals surface area contributed by atoms with Crippen LogP contribution in [0.1, 0.15) is 5.56 Å². The number of carbonyl (C=O) groups is 2. The van der Waals surface area contributed by atoms with Crippen molar-refractivity contribution in [3.8, 4) is 5.75 Å². The van der Waals surface area contributed by atoms with E-state index in [1.165, 1.54) is 18.2 Å². The average molecular weight is 433 g/mol. The molecule has 28 heavy (non-hydrogen) atoms. The molecule has 0 aliphatic carbocycles. The van der Waals surface area contributed by atoms with E-state index in [9.17, 15) is 22.8 Å². The van der Waals surface area contributed by atoms with Crippen LogP contribution in [0.3, 0.4) is 0 Å². The van der Waals surface area contributed by atoms with Gasteiger partial charge in [0.2, 0.25) is 11.8 Å². The molecule has 2 aromatic rings. The van der Waals surface area contributed by atoms with Gasteiger partial charge in [0.15, 0.2) is 0 Å². The fourth-order valence-electron chi connectivity index (χ4n) is 2.09. The van der Waals surface area contributed by atoms with Crippen molar-refractivity contribution in [1.29, 1.82) is 0 Å². The highest BCUT2D eigenvalue weighted by molar-refractivity contribution is 8.00. The zero-order valence-electron chi connectivity index (χ0n) is 14.4. The molecule has 2 N–H and O–H groups in total. The van der Waals surface area contributed by atoms with Crippen molar-refractivity contribution < 1.29 is 27.5 Å². The topological polar surface area (TPSA) is 67.4 Å². The van der Waals surface area contributed by atoms with Crippen LogP contribution >= 0.6 is 23.4 Å². The van der Waals surface area contributed by atoms with E-state index in [1.807, 2.05) is 0 Å². The molecular weight excluding hydrogens is 417 g/mol. The van der Waals surface area contributed by atoms with Gasteiger partial charge in [-0.25, -0.2) is 0 Å². The van der Waals surface area contributed by atoms with Crippen LogP contribution in [-0.2, 0) is 16.1 Å². The Labute approximate surface area is 168 Å². The van der Waals surface area contributed by atoms with Crippen molar-refractivity contribution >= 4 is 40.9 Å². The first-order chi connectivity index (χ1) is 13.2. The Morgan fingerprint density at radius 2 is 1.64 bits per heavy atom. The molecule has 2 rings (SSSR count). The van der Waals surface area contributed by atoms with Crippen LogP contribution in [0.5, 0.6) is 5.75 Å². The number of hydrogen-bond acceptors (Lipinski definition) is 4. The standard InChI is InChI=1S/C18H16ClF3N2O3S/c19-13-5-7-14(8-6-13)24-17(26)11-28-10-16(25)23-9-12-3-1-2-4-15(12)27-18(20,21)22/h1-8H,9-11H2,(H,23,25)(H,24,26). The zero-order valence-corrected chi connectivity index (χ0v) is 16.0. The van der Waals surface area contributed by atoms with Gasteiger partial charge in [0.1, 0.15) is 5.75 Å². The van der Waals surface area contributed by atoms with E-state index >= 15 is 0 Å². The van der Waals surface area contributed by atoms with Gasteiger partial charge in [-0.05, 0) is 30.3 Å². The highest BCUT2D eigenvalue weighted by Crippen LogP contribution is 2.26. The molecule has 0 atom stereocenters. The molecule has 0 bridgehead atoms. The van der Waals surface area contributed by atoms with Crippen molar-refractivity contribution in [3.05, 3.63) is 59.1 Å². The van der Waals surface area contributed by atoms with Crippen molar-refractivity contribution in [2.45, 2.75) is 12.9 Å². The fourth-order valence-corrected chi connectivity index (χ4v) is 2.86. The second-order valence-corrected chi connectivity index (χ2v) is 6.90. The maximum atomic E-state index is 12.4. The molecule has 0 heterocycles. The minimum absolute atomic E-state index is 0.0175. The Hall–Kier alpha value is -2.39. The molecular formula is C18H16ClF3N2O3S. The number of ether oxygens (including phenoxy) is 1. The molecule has 0 saturated carbocycles. The van der Waals surface area contributed by atoms with Crippen LogP contribution in [0.4, 0.5) is 18.9 Å². The SMILES string of the molecule is O=C(CSCC(=O)Nc1ccc(Cl)cc1)NCc1ccccc1OC(F)(F)F. The summed E-state index contributed by atoms with van der Waals surface area (Å²) in [4.78, 5) is 23.7. The van der Waals surface area contributed by atoms with Crippen LogP contribution in [0.2, 0.25) is 5.02 Å². The average Bonchev–Trinajstić information content (AvgIpc) is 2.61. The van der Waals surface area contributed by atoms with Crippen LogP contribution in [0.15, 0.2) is 48.5 Å². The molecule has 0 fully saturated rings. The molecule has 2 amide bonds. The third-order valence-corrected chi connectivity index (χ3v) is 4.45. The molecule has 0 unspecified atom stereocenters. The number of anilines is 1. The number of nitrogens with one attached hydrogen (secondary N) is 2. The van der Waals surface area contributed by atoms with Gasteiger partial charge < -0.3 is 15.4 Å². The first kappa shape index (κ1) is 21.9. The lowest BCUT2D eigenvalue weighted by Crippen LogP contribution is -2.26. The van der Waals surface area contributed by atoms with Gasteiger partial charge in [0.05, 0.1) is 11.5 Å². The zero-order chi connectivity index (χ0) is 20.6. The number of hydrogen-bond donors (Lipinski definition) is 2. The van der Waals surface area contributed by atoms with Crippen LogP contribution in [0.25, 0.3) is 0 Å². The smallest absolute Gasteiger partial charge is 0.405 e. The van der Waals surface area contributed by atoms with Gasteiger partial charge in [-0.2, -0.15) is 0 Å². The van der Waals surface area contributed by atoms with Crippen LogP contribution < -0.4 is 15.4 Å². The van der Waals surface area contributed by atoms with E-state index < -0.39 is 12.3 Å². The summed E-state index contributed by atoms with van der Waals surface area (Å²) in [5.41, 5.74) is 0.777. The third-order valence-electron chi connectivity index (χ3n) is 3.27. The summed E-state index contributed by atoms with van der Waals surface area (Å²) in [6, 6.07) is 12.1. The van der Waals surface area contributed by atoms with Gasteiger partial charge in [0.25, 0.3) is 0 Å². The van der Waals surface area contributed by atoms with Gasteiger partial charge in [-0.15, -0.1) is 24.9 Å². The number of para-hydroxylation sites is 1. The summed E-state index contributed by atoms with van der Waals surface area (Å²) < 4.78 is 41.1. The van der Waals surface area contributed by atoms with Crippen molar-refractivity contribution in [2.75, 3.05) is 16.8 Å². The minimum Gasteiger partial charge on any atom is -0.405 e. The monoisotopic (exact) mass is 432 g/mol. The van der Waals surface area contributed by atoms with Crippen molar-refractivity contribution in [2.24, 2.45) is 0 Å². The summed E-state index contributed by atoms with van der Waals surface area (Å²) >= 11 is 6.84. The minimum atomic E-state index is -4.81. The quantitative estimate of drug-likeness (QED) is 0.655. The maximum Gasteiger partial charge on any atom is 0.573 e. The Bertz CT molecular complexity index is 816. The summed E-state index contributed by atoms with van der Waals surface area (Å²) in [6.07, 6.45) is -4.81. The van der Waals surface area contributed by atoms with Crippen molar-refractivity contribution in [3.63, 3.8) is 0 Å². The lowest BCUT2D eigenvalue weighted by Gasteiger charge is -2.13. The number of halogens is 4. The fraction of sp³-hybridized carbons (Fsp3) is 0.222. The normalized spacial score (nSPS) is 11.0. The Morgan fingerprint density at radius 1 is 1.00 bits per heavy atom. The molecule has 5 nitrogen and oxygen atoms in total. The molecule has 10 heteroatoms. The summed E-state index contributed by atoms with van der Waals surface area (Å²) in [7, 11) is 0. The molecule has 0 aliphatic heterocycles. The number of rotatable bonds is 8. The van der Waals surface area contributed by atoms with Gasteiger partial charge in [-0.3, -0.25) is 9.59 Å². The van der Waals surface area contributed by atoms with E-state index in [1.54, 1.807) is 30.3 Å². The summed E-state index contributed by atoms with van der Waals surface area (Å²) in [5, 5.41) is 5.71. The Morgan fingerprint density at radius 3 is 2.32 bits per heavy atom. The van der Waals surface area contributed by atoms with Gasteiger partial charge >= 0.3 is 6.36 Å². The largest absolute Gasteiger partial charge is 0.573 e. The van der Waals surface area contributed by atoms with Gasteiger partial charge in [-0.1, -0.05) is 29.8 Å². The van der Waals surface area contributed by atoms with E-state index in [0.717, 1.165) is 11.8 Å². The number of carbonyl (C=O) groups excluding carboxylic acids is 2. The second-order valence-electron chi connectivity index (χ2n) is 5.48. The molecule has 150 valence electrons. The summed E-state index contributed by atoms with van der Waals surface area (Å²) in [5.74, 6) is -1.04. The first-order valence-corrected chi connectivity index (χ1v) is 9.50. The number of thioether (sulfide) groups is 1. The highest BCUT2D eigenvalue weighted by atomic mass is 35.5. The van der Waals surface area contributed by atoms with E-state index in [4.69, 9.17) is 11.6 Å². The Kier molecular flexibility index (Phi) is 8.01. The maximum absolute atomic E-state index is 12.4. The third kappa shape index (κ3) is 8.10. The molecule has 2 aromatic carbocycles. The highest BCUT2D eigenvalue weighted by Gasteiger charge is 2.31. The van der Waals surface area contributed by atoms with Gasteiger partial charge in [0, 0.05) is 22.8 Å². The molecule has 0 spiro atoms. The lowest BCUT2D eigenvalue weighted by atomic mass is 10.2. The second kappa shape index (κ2) is 10.2. The molecule has 0 aromatic heterocycles. The predicted molar refractivity (Wildman–Crippen MR) is 102 cm³/mol. The number of alkyl halides is 3. The summed E-state index contributed by atoms with van der Waals surface area (Å²) in [6.45, 7) is -0.122. The predicted octanol–water partition coefficient (Wildman–Crippen LogP) is 4.23. The van der Waals surface area contributed by atoms with E-state index in [0.29, 0.717) is 10.7 Å². The Balaban J connectivity index is 1.73. The van der Waals surface area contributed by atoms with E-state index in [2.05, 4.69) is 15.4 Å². The molecule has 0 saturated heterocycles. The van der Waals surface area contributed by atoms with Crippen LogP contribution in [-0.4, -0.2) is 29.7 Å². The molecule has 0 radical (unpaired) electrons. The number of benzene rings is 2. The van der Waals surface area contributed by atoms with E-state index in [-0.39, 0.29) is 35.3 Å². The number of amides is 2. The lowest BCUT2D eigenvalue weighted by molar-refractivity contribution is -0.274. The first-order valence-electron chi connectivity index (χ1n) is 7.96. The van der Waals surface area contributed by atoms with Crippen molar-refractivity contribution in [1.82, 2.24) is 5.32 Å². The molecule has 0 aliphatic rings. The van der Waals surface area contributed by atoms with Crippen LogP contribution in [0, 0.1) is 0 Å².